The second-order valence-electron chi connectivity index (χ2n) is 6.54. The number of ketones is 1. The Morgan fingerprint density at radius 2 is 1.70 bits per heavy atom. The van der Waals surface area contributed by atoms with Gasteiger partial charge in [0.2, 0.25) is 5.88 Å². The highest BCUT2D eigenvalue weighted by Gasteiger charge is 2.29. The monoisotopic (exact) mass is 415 g/mol. The van der Waals surface area contributed by atoms with Crippen LogP contribution in [0.1, 0.15) is 65.1 Å². The van der Waals surface area contributed by atoms with Gasteiger partial charge in [0.05, 0.1) is 18.1 Å². The van der Waals surface area contributed by atoms with E-state index in [2.05, 4.69) is 5.32 Å². The van der Waals surface area contributed by atoms with Gasteiger partial charge in [-0.2, -0.15) is 0 Å². The van der Waals surface area contributed by atoms with E-state index in [9.17, 15) is 19.2 Å². The first-order chi connectivity index (χ1) is 14.3. The first-order valence-corrected chi connectivity index (χ1v) is 9.62. The van der Waals surface area contributed by atoms with E-state index in [-0.39, 0.29) is 29.4 Å². The summed E-state index contributed by atoms with van der Waals surface area (Å²) in [4.78, 5) is 48.9. The minimum absolute atomic E-state index is 0.0378. The fourth-order valence-corrected chi connectivity index (χ4v) is 3.08. The lowest BCUT2D eigenvalue weighted by atomic mass is 9.97. The molecule has 1 aromatic carbocycles. The number of ether oxygens (including phenoxy) is 2. The predicted octanol–water partition coefficient (Wildman–Crippen LogP) is 3.64. The molecule has 2 aromatic rings. The van der Waals surface area contributed by atoms with Gasteiger partial charge < -0.3 is 13.9 Å². The Kier molecular flexibility index (Phi) is 7.91. The number of anilines is 1. The van der Waals surface area contributed by atoms with Crippen molar-refractivity contribution in [2.75, 3.05) is 18.5 Å². The number of rotatable bonds is 9. The Morgan fingerprint density at radius 3 is 2.27 bits per heavy atom. The molecule has 0 aliphatic heterocycles. The van der Waals surface area contributed by atoms with Crippen molar-refractivity contribution in [2.24, 2.45) is 0 Å². The van der Waals surface area contributed by atoms with Crippen LogP contribution in [0.3, 0.4) is 0 Å². The molecule has 0 aliphatic carbocycles. The molecule has 8 heteroatoms. The number of Topliss-reactive ketones (excluding diaryl/α,β-unsaturated/α-hetero) is 1. The van der Waals surface area contributed by atoms with Crippen molar-refractivity contribution in [2.45, 2.75) is 40.0 Å². The lowest BCUT2D eigenvalue weighted by Gasteiger charge is -2.14. The van der Waals surface area contributed by atoms with Crippen molar-refractivity contribution >= 4 is 29.5 Å². The van der Waals surface area contributed by atoms with Crippen molar-refractivity contribution in [3.63, 3.8) is 0 Å². The van der Waals surface area contributed by atoms with Crippen molar-refractivity contribution in [1.82, 2.24) is 0 Å². The Labute approximate surface area is 174 Å². The number of hydrogen-bond acceptors (Lipinski definition) is 7. The largest absolute Gasteiger partial charge is 0.462 e. The van der Waals surface area contributed by atoms with E-state index in [1.165, 1.54) is 13.8 Å². The minimum atomic E-state index is -0.790. The highest BCUT2D eigenvalue weighted by Crippen LogP contribution is 2.28. The predicted molar refractivity (Wildman–Crippen MR) is 108 cm³/mol. The van der Waals surface area contributed by atoms with E-state index in [1.807, 2.05) is 37.3 Å². The zero-order chi connectivity index (χ0) is 22.3. The van der Waals surface area contributed by atoms with Crippen LogP contribution in [0.5, 0.6) is 0 Å². The van der Waals surface area contributed by atoms with Crippen LogP contribution < -0.4 is 5.32 Å². The molecule has 1 atom stereocenters. The molecule has 0 unspecified atom stereocenters. The molecule has 1 heterocycles. The van der Waals surface area contributed by atoms with Gasteiger partial charge in [0, 0.05) is 0 Å². The SMILES string of the molecule is CCOC(=O)c1c(NC(=O)COC(=O)[C@H](CC)c2ccccc2)oc(C)c1C(C)=O. The molecule has 160 valence electrons. The molecular formula is C22H25NO7. The molecule has 30 heavy (non-hydrogen) atoms. The molecule has 0 spiro atoms. The number of nitrogens with one attached hydrogen (secondary N) is 1. The summed E-state index contributed by atoms with van der Waals surface area (Å²) < 4.78 is 15.5. The Morgan fingerprint density at radius 1 is 1.03 bits per heavy atom. The number of benzene rings is 1. The highest BCUT2D eigenvalue weighted by molar-refractivity contribution is 6.10. The number of carbonyl (C=O) groups excluding carboxylic acids is 4. The number of aryl methyl sites for hydroxylation is 1. The van der Waals surface area contributed by atoms with Crippen LogP contribution in [0.25, 0.3) is 0 Å². The zero-order valence-electron chi connectivity index (χ0n) is 17.4. The molecule has 1 N–H and O–H groups in total. The third kappa shape index (κ3) is 5.34. The van der Waals surface area contributed by atoms with Gasteiger partial charge in [-0.25, -0.2) is 4.79 Å². The molecular weight excluding hydrogens is 390 g/mol. The molecule has 1 aromatic heterocycles. The second kappa shape index (κ2) is 10.4. The lowest BCUT2D eigenvalue weighted by Crippen LogP contribution is -2.24. The average molecular weight is 415 g/mol. The summed E-state index contributed by atoms with van der Waals surface area (Å²) in [5.41, 5.74) is 0.677. The van der Waals surface area contributed by atoms with Crippen molar-refractivity contribution in [3.8, 4) is 0 Å². The van der Waals surface area contributed by atoms with Crippen LogP contribution in [0, 0.1) is 6.92 Å². The number of hydrogen-bond donors (Lipinski definition) is 1. The average Bonchev–Trinajstić information content (AvgIpc) is 3.04. The summed E-state index contributed by atoms with van der Waals surface area (Å²) >= 11 is 0. The fourth-order valence-electron chi connectivity index (χ4n) is 3.08. The Balaban J connectivity index is 2.11. The molecule has 8 nitrogen and oxygen atoms in total. The van der Waals surface area contributed by atoms with Gasteiger partial charge >= 0.3 is 11.9 Å². The van der Waals surface area contributed by atoms with E-state index >= 15 is 0 Å². The van der Waals surface area contributed by atoms with Crippen LogP contribution >= 0.6 is 0 Å². The molecule has 0 saturated carbocycles. The summed E-state index contributed by atoms with van der Waals surface area (Å²) in [7, 11) is 0. The first kappa shape index (κ1) is 22.9. The summed E-state index contributed by atoms with van der Waals surface area (Å²) in [5.74, 6) is -2.98. The van der Waals surface area contributed by atoms with Crippen molar-refractivity contribution in [1.29, 1.82) is 0 Å². The second-order valence-corrected chi connectivity index (χ2v) is 6.54. The van der Waals surface area contributed by atoms with Crippen LogP contribution in [-0.2, 0) is 19.1 Å². The highest BCUT2D eigenvalue weighted by atomic mass is 16.5. The maximum absolute atomic E-state index is 12.4. The van der Waals surface area contributed by atoms with Crippen LogP contribution in [-0.4, -0.2) is 36.8 Å². The van der Waals surface area contributed by atoms with Gasteiger partial charge in [0.25, 0.3) is 5.91 Å². The van der Waals surface area contributed by atoms with Crippen LogP contribution in [0.2, 0.25) is 0 Å². The molecule has 2 rings (SSSR count). The van der Waals surface area contributed by atoms with Gasteiger partial charge in [0.1, 0.15) is 11.3 Å². The smallest absolute Gasteiger partial charge is 0.344 e. The summed E-state index contributed by atoms with van der Waals surface area (Å²) in [6, 6.07) is 9.12. The van der Waals surface area contributed by atoms with Gasteiger partial charge in [-0.15, -0.1) is 0 Å². The maximum atomic E-state index is 12.4. The number of amides is 1. The minimum Gasteiger partial charge on any atom is -0.462 e. The fraction of sp³-hybridized carbons (Fsp3) is 0.364. The molecule has 1 amide bonds. The van der Waals surface area contributed by atoms with E-state index in [0.29, 0.717) is 6.42 Å². The zero-order valence-corrected chi connectivity index (χ0v) is 17.4. The summed E-state index contributed by atoms with van der Waals surface area (Å²) in [5, 5.41) is 2.38. The molecule has 0 bridgehead atoms. The summed E-state index contributed by atoms with van der Waals surface area (Å²) in [6.45, 7) is 5.76. The third-order valence-corrected chi connectivity index (χ3v) is 4.41. The van der Waals surface area contributed by atoms with E-state index in [4.69, 9.17) is 13.9 Å². The third-order valence-electron chi connectivity index (χ3n) is 4.41. The van der Waals surface area contributed by atoms with Crippen LogP contribution in [0.4, 0.5) is 5.88 Å². The van der Waals surface area contributed by atoms with Gasteiger partial charge in [-0.1, -0.05) is 37.3 Å². The topological polar surface area (TPSA) is 112 Å². The number of esters is 2. The van der Waals surface area contributed by atoms with Crippen LogP contribution in [0.15, 0.2) is 34.7 Å². The summed E-state index contributed by atoms with van der Waals surface area (Å²) in [6.07, 6.45) is 0.511. The van der Waals surface area contributed by atoms with E-state index < -0.39 is 36.2 Å². The molecule has 0 saturated heterocycles. The molecule has 0 radical (unpaired) electrons. The standard InChI is InChI=1S/C22H25NO7/c1-5-16(15-10-8-7-9-11-15)21(26)29-12-17(25)23-20-19(22(27)28-6-2)18(13(3)24)14(4)30-20/h7-11,16H,5-6,12H2,1-4H3,(H,23,25)/t16-/m1/s1. The van der Waals surface area contributed by atoms with E-state index in [1.54, 1.807) is 6.92 Å². The Hall–Kier alpha value is -3.42. The van der Waals surface area contributed by atoms with Gasteiger partial charge in [-0.3, -0.25) is 19.7 Å². The Bertz CT molecular complexity index is 930. The van der Waals surface area contributed by atoms with Crippen molar-refractivity contribution < 1.29 is 33.1 Å². The maximum Gasteiger partial charge on any atom is 0.344 e. The number of furan rings is 1. The van der Waals surface area contributed by atoms with E-state index in [0.717, 1.165) is 5.56 Å². The lowest BCUT2D eigenvalue weighted by molar-refractivity contribution is -0.149. The molecule has 0 aliphatic rings. The molecule has 0 fully saturated rings. The quantitative estimate of drug-likeness (QED) is 0.491. The number of carbonyl (C=O) groups is 4. The van der Waals surface area contributed by atoms with Gasteiger partial charge in [-0.05, 0) is 32.8 Å². The normalized spacial score (nSPS) is 11.5. The van der Waals surface area contributed by atoms with Crippen molar-refractivity contribution in [3.05, 3.63) is 52.8 Å². The first-order valence-electron chi connectivity index (χ1n) is 9.62. The van der Waals surface area contributed by atoms with Gasteiger partial charge in [0.15, 0.2) is 12.4 Å².